The highest BCUT2D eigenvalue weighted by Crippen LogP contribution is 2.34. The average Bonchev–Trinajstić information content (AvgIpc) is 2.73. The van der Waals surface area contributed by atoms with E-state index in [4.69, 9.17) is 0 Å². The zero-order valence-corrected chi connectivity index (χ0v) is 11.8. The zero-order valence-electron chi connectivity index (χ0n) is 10.2. The lowest BCUT2D eigenvalue weighted by atomic mass is 9.82. The van der Waals surface area contributed by atoms with Gasteiger partial charge >= 0.3 is 0 Å². The molecule has 1 aromatic heterocycles. The Morgan fingerprint density at radius 2 is 2.38 bits per heavy atom. The lowest BCUT2D eigenvalue weighted by Gasteiger charge is -2.38. The van der Waals surface area contributed by atoms with E-state index in [1.807, 2.05) is 0 Å². The van der Waals surface area contributed by atoms with E-state index in [0.717, 1.165) is 6.54 Å². The van der Waals surface area contributed by atoms with Crippen LogP contribution < -0.4 is 5.32 Å². The van der Waals surface area contributed by atoms with Crippen molar-refractivity contribution < 1.29 is 0 Å². The van der Waals surface area contributed by atoms with Crippen molar-refractivity contribution in [3.05, 3.63) is 22.4 Å². The van der Waals surface area contributed by atoms with Crippen molar-refractivity contribution in [3.8, 4) is 0 Å². The number of nitrogens with one attached hydrogen (secondary N) is 1. The molecule has 0 amide bonds. The maximum Gasteiger partial charge on any atom is 0.0209 e. The molecule has 0 spiro atoms. The van der Waals surface area contributed by atoms with Crippen LogP contribution in [0.5, 0.6) is 0 Å². The first-order chi connectivity index (χ1) is 7.68. The van der Waals surface area contributed by atoms with Crippen molar-refractivity contribution >= 4 is 23.1 Å². The van der Waals surface area contributed by atoms with Gasteiger partial charge in [-0.05, 0) is 52.9 Å². The second-order valence-electron chi connectivity index (χ2n) is 5.20. The predicted molar refractivity (Wildman–Crippen MR) is 75.5 cm³/mol. The Morgan fingerprint density at radius 1 is 1.50 bits per heavy atom. The van der Waals surface area contributed by atoms with E-state index in [1.165, 1.54) is 29.9 Å². The van der Waals surface area contributed by atoms with Crippen LogP contribution in [0.15, 0.2) is 16.8 Å². The second-order valence-corrected chi connectivity index (χ2v) is 7.13. The Hall–Kier alpha value is 0.01000. The van der Waals surface area contributed by atoms with E-state index in [0.29, 0.717) is 11.5 Å². The van der Waals surface area contributed by atoms with Crippen molar-refractivity contribution in [2.24, 2.45) is 5.41 Å². The summed E-state index contributed by atoms with van der Waals surface area (Å²) in [5, 5.41) is 8.15. The Bertz CT molecular complexity index is 306. The fraction of sp³-hybridized carbons (Fsp3) is 0.692. The van der Waals surface area contributed by atoms with E-state index in [1.54, 1.807) is 11.3 Å². The van der Waals surface area contributed by atoms with Gasteiger partial charge in [-0.25, -0.2) is 0 Å². The molecule has 3 heteroatoms. The highest BCUT2D eigenvalue weighted by molar-refractivity contribution is 7.99. The molecule has 0 radical (unpaired) electrons. The topological polar surface area (TPSA) is 12.0 Å². The average molecular weight is 255 g/mol. The number of thioether (sulfide) groups is 1. The Balaban J connectivity index is 1.76. The molecule has 90 valence electrons. The molecule has 1 saturated heterocycles. The molecule has 0 bridgehead atoms. The molecule has 1 N–H and O–H groups in total. The van der Waals surface area contributed by atoms with Crippen molar-refractivity contribution in [2.75, 3.05) is 18.1 Å². The Kier molecular flexibility index (Phi) is 4.34. The third-order valence-electron chi connectivity index (χ3n) is 3.50. The number of rotatable bonds is 4. The normalized spacial score (nSPS) is 24.5. The maximum absolute atomic E-state index is 3.73. The monoisotopic (exact) mass is 255 g/mol. The summed E-state index contributed by atoms with van der Waals surface area (Å²) in [4.78, 5) is 0. The highest BCUT2D eigenvalue weighted by atomic mass is 32.2. The predicted octanol–water partition coefficient (Wildman–Crippen LogP) is 3.41. The molecule has 1 atom stereocenters. The molecule has 0 aromatic carbocycles. The SMILES string of the molecule is CC1(C)CCSCC1NCCc1ccsc1. The van der Waals surface area contributed by atoms with Crippen LogP contribution in [0.3, 0.4) is 0 Å². The molecule has 1 aromatic rings. The number of hydrogen-bond acceptors (Lipinski definition) is 3. The summed E-state index contributed by atoms with van der Waals surface area (Å²) in [6.45, 7) is 5.91. The first kappa shape index (κ1) is 12.5. The Labute approximate surface area is 107 Å². The van der Waals surface area contributed by atoms with E-state index in [-0.39, 0.29) is 0 Å². The van der Waals surface area contributed by atoms with Crippen LogP contribution >= 0.6 is 23.1 Å². The molecule has 1 nitrogen and oxygen atoms in total. The van der Waals surface area contributed by atoms with Gasteiger partial charge in [0.05, 0.1) is 0 Å². The van der Waals surface area contributed by atoms with Crippen molar-refractivity contribution in [2.45, 2.75) is 32.7 Å². The molecule has 1 aliphatic heterocycles. The largest absolute Gasteiger partial charge is 0.312 e. The van der Waals surface area contributed by atoms with Gasteiger partial charge in [0.15, 0.2) is 0 Å². The minimum atomic E-state index is 0.472. The summed E-state index contributed by atoms with van der Waals surface area (Å²) < 4.78 is 0. The van der Waals surface area contributed by atoms with Crippen LogP contribution in [0.4, 0.5) is 0 Å². The summed E-state index contributed by atoms with van der Waals surface area (Å²) in [7, 11) is 0. The van der Waals surface area contributed by atoms with Crippen LogP contribution in [-0.4, -0.2) is 24.1 Å². The van der Waals surface area contributed by atoms with Gasteiger partial charge in [0, 0.05) is 11.8 Å². The van der Waals surface area contributed by atoms with Gasteiger partial charge in [-0.2, -0.15) is 23.1 Å². The van der Waals surface area contributed by atoms with E-state index >= 15 is 0 Å². The molecule has 2 rings (SSSR count). The summed E-state index contributed by atoms with van der Waals surface area (Å²) in [5.41, 5.74) is 1.94. The van der Waals surface area contributed by atoms with Gasteiger partial charge in [-0.1, -0.05) is 13.8 Å². The lowest BCUT2D eigenvalue weighted by molar-refractivity contribution is 0.247. The summed E-state index contributed by atoms with van der Waals surface area (Å²) in [6.07, 6.45) is 2.51. The summed E-state index contributed by atoms with van der Waals surface area (Å²) >= 11 is 3.89. The molecular formula is C13H21NS2. The third-order valence-corrected chi connectivity index (χ3v) is 5.30. The van der Waals surface area contributed by atoms with E-state index < -0.39 is 0 Å². The van der Waals surface area contributed by atoms with Gasteiger partial charge in [-0.3, -0.25) is 0 Å². The highest BCUT2D eigenvalue weighted by Gasteiger charge is 2.31. The standard InChI is InChI=1S/C13H21NS2/c1-13(2)5-8-16-10-12(13)14-6-3-11-4-7-15-9-11/h4,7,9,12,14H,3,5-6,8,10H2,1-2H3. The molecule has 0 saturated carbocycles. The first-order valence-corrected chi connectivity index (χ1v) is 8.10. The van der Waals surface area contributed by atoms with Gasteiger partial charge < -0.3 is 5.32 Å². The fourth-order valence-electron chi connectivity index (χ4n) is 2.10. The minimum absolute atomic E-state index is 0.472. The van der Waals surface area contributed by atoms with E-state index in [9.17, 15) is 0 Å². The third kappa shape index (κ3) is 3.25. The smallest absolute Gasteiger partial charge is 0.0209 e. The zero-order chi connectivity index (χ0) is 11.4. The van der Waals surface area contributed by atoms with E-state index in [2.05, 4.69) is 47.8 Å². The summed E-state index contributed by atoms with van der Waals surface area (Å²) in [6, 6.07) is 2.91. The van der Waals surface area contributed by atoms with Crippen LogP contribution in [0.1, 0.15) is 25.8 Å². The minimum Gasteiger partial charge on any atom is -0.312 e. The molecule has 1 aliphatic rings. The van der Waals surface area contributed by atoms with Crippen molar-refractivity contribution in [3.63, 3.8) is 0 Å². The summed E-state index contributed by atoms with van der Waals surface area (Å²) in [5.74, 6) is 2.60. The van der Waals surface area contributed by atoms with Gasteiger partial charge in [0.25, 0.3) is 0 Å². The number of hydrogen-bond donors (Lipinski definition) is 1. The fourth-order valence-corrected chi connectivity index (χ4v) is 4.44. The van der Waals surface area contributed by atoms with Crippen LogP contribution in [0.2, 0.25) is 0 Å². The first-order valence-electron chi connectivity index (χ1n) is 6.01. The second kappa shape index (κ2) is 5.56. The van der Waals surface area contributed by atoms with Crippen LogP contribution in [0.25, 0.3) is 0 Å². The molecule has 1 fully saturated rings. The van der Waals surface area contributed by atoms with Gasteiger partial charge in [0.1, 0.15) is 0 Å². The maximum atomic E-state index is 3.73. The molecule has 16 heavy (non-hydrogen) atoms. The van der Waals surface area contributed by atoms with Crippen molar-refractivity contribution in [1.82, 2.24) is 5.32 Å². The van der Waals surface area contributed by atoms with Crippen LogP contribution in [0, 0.1) is 5.41 Å². The molecule has 1 unspecified atom stereocenters. The lowest BCUT2D eigenvalue weighted by Crippen LogP contribution is -2.47. The molecule has 2 heterocycles. The van der Waals surface area contributed by atoms with Crippen LogP contribution in [-0.2, 0) is 6.42 Å². The van der Waals surface area contributed by atoms with Gasteiger partial charge in [0.2, 0.25) is 0 Å². The van der Waals surface area contributed by atoms with Gasteiger partial charge in [-0.15, -0.1) is 0 Å². The quantitative estimate of drug-likeness (QED) is 0.885. The molecule has 0 aliphatic carbocycles. The van der Waals surface area contributed by atoms with Crippen molar-refractivity contribution in [1.29, 1.82) is 0 Å². The number of thiophene rings is 1. The molecular weight excluding hydrogens is 234 g/mol. The Morgan fingerprint density at radius 3 is 3.06 bits per heavy atom.